The van der Waals surface area contributed by atoms with Gasteiger partial charge in [0.25, 0.3) is 5.91 Å². The molecule has 1 N–H and O–H groups in total. The van der Waals surface area contributed by atoms with E-state index < -0.39 is 34.9 Å². The lowest BCUT2D eigenvalue weighted by Crippen LogP contribution is -2.19. The van der Waals surface area contributed by atoms with Crippen LogP contribution in [0.15, 0.2) is 48.7 Å². The van der Waals surface area contributed by atoms with E-state index in [9.17, 15) is 27.2 Å². The Morgan fingerprint density at radius 3 is 2.36 bits per heavy atom. The lowest BCUT2D eigenvalue weighted by molar-refractivity contribution is -0.138. The molecule has 174 valence electrons. The number of nitrogens with one attached hydrogen (secondary N) is 1. The number of amides is 1. The van der Waals surface area contributed by atoms with E-state index in [1.807, 2.05) is 0 Å². The van der Waals surface area contributed by atoms with Gasteiger partial charge >= 0.3 is 6.18 Å². The van der Waals surface area contributed by atoms with Crippen molar-refractivity contribution in [1.82, 2.24) is 9.78 Å². The molecular weight excluding hydrogens is 446 g/mol. The lowest BCUT2D eigenvalue weighted by Gasteiger charge is -2.16. The summed E-state index contributed by atoms with van der Waals surface area (Å²) in [6, 6.07) is 9.44. The Morgan fingerprint density at radius 2 is 1.76 bits per heavy atom. The molecule has 3 aromatic rings. The second-order valence-electron chi connectivity index (χ2n) is 6.89. The van der Waals surface area contributed by atoms with Gasteiger partial charge in [-0.2, -0.15) is 18.3 Å². The van der Waals surface area contributed by atoms with Crippen molar-refractivity contribution in [2.75, 3.05) is 26.1 Å². The van der Waals surface area contributed by atoms with Gasteiger partial charge < -0.3 is 14.8 Å². The molecule has 3 rings (SSSR count). The molecule has 1 amide bonds. The quantitative estimate of drug-likeness (QED) is 0.394. The zero-order valence-electron chi connectivity index (χ0n) is 17.6. The summed E-state index contributed by atoms with van der Waals surface area (Å²) in [6.45, 7) is -0.566. The molecule has 0 saturated heterocycles. The third-order valence-electron chi connectivity index (χ3n) is 4.56. The summed E-state index contributed by atoms with van der Waals surface area (Å²) < 4.78 is 64.4. The summed E-state index contributed by atoms with van der Waals surface area (Å²) in [6.07, 6.45) is -4.17. The highest BCUT2D eigenvalue weighted by atomic mass is 19.4. The van der Waals surface area contributed by atoms with E-state index in [4.69, 9.17) is 9.47 Å². The first-order valence-corrected chi connectivity index (χ1v) is 9.51. The molecule has 0 aliphatic rings. The third-order valence-corrected chi connectivity index (χ3v) is 4.56. The maximum Gasteiger partial charge on any atom is 0.420 e. The second kappa shape index (κ2) is 9.92. The Labute approximate surface area is 185 Å². The van der Waals surface area contributed by atoms with Crippen molar-refractivity contribution in [3.63, 3.8) is 0 Å². The molecule has 1 heterocycles. The van der Waals surface area contributed by atoms with E-state index in [2.05, 4.69) is 10.4 Å². The van der Waals surface area contributed by atoms with E-state index in [0.29, 0.717) is 11.8 Å². The fraction of sp³-hybridized carbons (Fsp3) is 0.227. The first-order valence-electron chi connectivity index (χ1n) is 9.51. The maximum atomic E-state index is 13.5. The van der Waals surface area contributed by atoms with Gasteiger partial charge in [-0.25, -0.2) is 9.07 Å². The van der Waals surface area contributed by atoms with Gasteiger partial charge in [0.2, 0.25) is 0 Å². The Kier molecular flexibility index (Phi) is 7.24. The molecule has 7 nitrogen and oxygen atoms in total. The van der Waals surface area contributed by atoms with E-state index >= 15 is 0 Å². The number of ketones is 1. The van der Waals surface area contributed by atoms with Gasteiger partial charge in [-0.1, -0.05) is 24.3 Å². The van der Waals surface area contributed by atoms with Crippen molar-refractivity contribution in [3.05, 3.63) is 71.3 Å². The minimum Gasteiger partial charge on any atom is -0.377 e. The van der Waals surface area contributed by atoms with Crippen LogP contribution in [0.25, 0.3) is 11.1 Å². The molecule has 0 bridgehead atoms. The molecule has 0 aliphatic heterocycles. The number of Topliss-reactive ketones (excluding diaryl/α,β-unsaturated/α-hetero) is 1. The first-order chi connectivity index (χ1) is 15.7. The highest BCUT2D eigenvalue weighted by Crippen LogP contribution is 2.35. The third kappa shape index (κ3) is 5.44. The van der Waals surface area contributed by atoms with Gasteiger partial charge in [-0.3, -0.25) is 9.59 Å². The van der Waals surface area contributed by atoms with E-state index in [0.717, 1.165) is 16.8 Å². The Hall–Kier alpha value is -3.57. The molecule has 11 heteroatoms. The normalized spacial score (nSPS) is 11.5. The average molecular weight is 465 g/mol. The monoisotopic (exact) mass is 465 g/mol. The Bertz CT molecular complexity index is 1160. The summed E-state index contributed by atoms with van der Waals surface area (Å²) >= 11 is 0. The number of ether oxygens (including phenoxy) is 2. The Balaban J connectivity index is 2.09. The highest BCUT2D eigenvalue weighted by molar-refractivity contribution is 6.10. The molecule has 0 unspecified atom stereocenters. The van der Waals surface area contributed by atoms with Crippen LogP contribution in [-0.2, 0) is 22.4 Å². The number of alkyl halides is 3. The number of rotatable bonds is 8. The topological polar surface area (TPSA) is 82.5 Å². The summed E-state index contributed by atoms with van der Waals surface area (Å²) in [5.74, 6) is -2.10. The molecule has 2 aromatic carbocycles. The maximum absolute atomic E-state index is 13.5. The number of aromatic nitrogens is 2. The highest BCUT2D eigenvalue weighted by Gasteiger charge is 2.38. The number of hydrogen-bond acceptors (Lipinski definition) is 5. The van der Waals surface area contributed by atoms with Crippen LogP contribution >= 0.6 is 0 Å². The number of carbonyl (C=O) groups is 2. The number of halogens is 4. The first kappa shape index (κ1) is 24.1. The summed E-state index contributed by atoms with van der Waals surface area (Å²) in [7, 11) is 2.60. The van der Waals surface area contributed by atoms with Gasteiger partial charge in [0, 0.05) is 37.2 Å². The molecule has 0 spiro atoms. The minimum atomic E-state index is -4.84. The van der Waals surface area contributed by atoms with Crippen molar-refractivity contribution < 1.29 is 36.6 Å². The predicted octanol–water partition coefficient (Wildman–Crippen LogP) is 4.39. The fourth-order valence-corrected chi connectivity index (χ4v) is 3.20. The summed E-state index contributed by atoms with van der Waals surface area (Å²) in [5, 5.41) is 6.09. The smallest absolute Gasteiger partial charge is 0.377 e. The van der Waals surface area contributed by atoms with Crippen LogP contribution in [0, 0.1) is 5.82 Å². The van der Waals surface area contributed by atoms with Crippen molar-refractivity contribution in [2.24, 2.45) is 0 Å². The number of benzene rings is 2. The number of nitrogens with zero attached hydrogens (tertiary/aromatic N) is 2. The molecule has 0 saturated carbocycles. The van der Waals surface area contributed by atoms with Crippen LogP contribution in [0.3, 0.4) is 0 Å². The van der Waals surface area contributed by atoms with Gasteiger partial charge in [-0.05, 0) is 23.8 Å². The van der Waals surface area contributed by atoms with E-state index in [-0.39, 0.29) is 30.2 Å². The van der Waals surface area contributed by atoms with Crippen LogP contribution in [0.5, 0.6) is 0 Å². The largest absolute Gasteiger partial charge is 0.420 e. The SMILES string of the molecule is COCC(=O)c1cccc(NC(=O)c2nn(COC)cc2C(F)(F)F)c1-c1ccc(F)cc1. The number of anilines is 1. The molecule has 0 aliphatic carbocycles. The van der Waals surface area contributed by atoms with Gasteiger partial charge in [0.15, 0.2) is 11.5 Å². The summed E-state index contributed by atoms with van der Waals surface area (Å²) in [5.41, 5.74) is -1.35. The van der Waals surface area contributed by atoms with Crippen LogP contribution in [0.2, 0.25) is 0 Å². The standard InChI is InChI=1S/C22H19F4N3O4/c1-32-11-18(30)15-4-3-5-17(19(15)13-6-8-14(23)9-7-13)27-21(31)20-16(22(24,25)26)10-29(28-20)12-33-2/h3-10H,11-12H2,1-2H3,(H,27,31). The molecule has 0 fully saturated rings. The van der Waals surface area contributed by atoms with Crippen LogP contribution in [-0.4, -0.2) is 42.3 Å². The van der Waals surface area contributed by atoms with Crippen LogP contribution in [0.1, 0.15) is 26.4 Å². The van der Waals surface area contributed by atoms with Crippen molar-refractivity contribution in [3.8, 4) is 11.1 Å². The van der Waals surface area contributed by atoms with Crippen molar-refractivity contribution in [2.45, 2.75) is 12.9 Å². The number of carbonyl (C=O) groups excluding carboxylic acids is 2. The number of methoxy groups -OCH3 is 2. The van der Waals surface area contributed by atoms with Crippen molar-refractivity contribution >= 4 is 17.4 Å². The molecule has 1 aromatic heterocycles. The predicted molar refractivity (Wildman–Crippen MR) is 110 cm³/mol. The van der Waals surface area contributed by atoms with Crippen LogP contribution in [0.4, 0.5) is 23.2 Å². The average Bonchev–Trinajstić information content (AvgIpc) is 3.20. The molecule has 0 radical (unpaired) electrons. The van der Waals surface area contributed by atoms with E-state index in [1.54, 1.807) is 0 Å². The fourth-order valence-electron chi connectivity index (χ4n) is 3.20. The number of hydrogen-bond donors (Lipinski definition) is 1. The lowest BCUT2D eigenvalue weighted by atomic mass is 9.95. The van der Waals surface area contributed by atoms with Gasteiger partial charge in [0.05, 0.1) is 0 Å². The van der Waals surface area contributed by atoms with E-state index in [1.165, 1.54) is 44.6 Å². The molecule has 33 heavy (non-hydrogen) atoms. The van der Waals surface area contributed by atoms with Gasteiger partial charge in [-0.15, -0.1) is 0 Å². The second-order valence-corrected chi connectivity index (χ2v) is 6.89. The molecule has 0 atom stereocenters. The Morgan fingerprint density at radius 1 is 1.06 bits per heavy atom. The molecular formula is C22H19F4N3O4. The van der Waals surface area contributed by atoms with Crippen molar-refractivity contribution in [1.29, 1.82) is 0 Å². The van der Waals surface area contributed by atoms with Crippen LogP contribution < -0.4 is 5.32 Å². The minimum absolute atomic E-state index is 0.0444. The zero-order valence-corrected chi connectivity index (χ0v) is 17.6. The van der Waals surface area contributed by atoms with Gasteiger partial charge in [0.1, 0.15) is 24.7 Å². The summed E-state index contributed by atoms with van der Waals surface area (Å²) in [4.78, 5) is 25.4. The zero-order chi connectivity index (χ0) is 24.2.